The van der Waals surface area contributed by atoms with Crippen LogP contribution in [0.1, 0.15) is 0 Å². The van der Waals surface area contributed by atoms with E-state index in [0.29, 0.717) is 17.0 Å². The summed E-state index contributed by atoms with van der Waals surface area (Å²) in [5.41, 5.74) is 15.3. The third-order valence-corrected chi connectivity index (χ3v) is 1.25. The summed E-state index contributed by atoms with van der Waals surface area (Å²) in [5.74, 6) is 0.433. The number of rotatable bonds is 0. The molecule has 2 aromatic heterocycles. The molecule has 0 atom stereocenters. The number of imidazole rings is 1. The number of primary amides is 2. The van der Waals surface area contributed by atoms with Gasteiger partial charge in [-0.15, -0.1) is 0 Å². The standard InChI is InChI=1S/C5H5N5.CH4N2O/c6-4-3-5(9-1-7-3)10-2-8-4;2-1(3)4/h1-2H,(H3,6,7,8,9,10);(H4,2,3,4). The van der Waals surface area contributed by atoms with E-state index in [-0.39, 0.29) is 0 Å². The molecule has 0 aliphatic heterocycles. The molecule has 7 N–H and O–H groups in total. The first-order valence-corrected chi connectivity index (χ1v) is 3.55. The van der Waals surface area contributed by atoms with Crippen LogP contribution in [0.15, 0.2) is 12.7 Å². The summed E-state index contributed by atoms with van der Waals surface area (Å²) < 4.78 is 0. The Hall–Kier alpha value is -2.38. The molecular formula is C6H9N7O. The fourth-order valence-corrected chi connectivity index (χ4v) is 0.784. The molecule has 2 amide bonds. The summed E-state index contributed by atoms with van der Waals surface area (Å²) >= 11 is 0. The zero-order chi connectivity index (χ0) is 10.6. The van der Waals surface area contributed by atoms with Crippen LogP contribution in [-0.2, 0) is 0 Å². The van der Waals surface area contributed by atoms with E-state index in [9.17, 15) is 0 Å². The first-order chi connectivity index (χ1) is 6.61. The summed E-state index contributed by atoms with van der Waals surface area (Å²) in [4.78, 5) is 23.4. The Balaban J connectivity index is 0.000000213. The van der Waals surface area contributed by atoms with Gasteiger partial charge in [0.1, 0.15) is 11.8 Å². The lowest BCUT2D eigenvalue weighted by molar-refractivity contribution is 0.256. The smallest absolute Gasteiger partial charge is 0.309 e. The van der Waals surface area contributed by atoms with Crippen molar-refractivity contribution in [1.29, 1.82) is 0 Å². The zero-order valence-electron chi connectivity index (χ0n) is 7.14. The largest absolute Gasteiger partial charge is 0.382 e. The van der Waals surface area contributed by atoms with Crippen LogP contribution in [0, 0.1) is 0 Å². The summed E-state index contributed by atoms with van der Waals surface area (Å²) in [7, 11) is 0. The number of urea groups is 1. The van der Waals surface area contributed by atoms with Crippen molar-refractivity contribution in [3.05, 3.63) is 12.7 Å². The van der Waals surface area contributed by atoms with Gasteiger partial charge in [-0.3, -0.25) is 0 Å². The monoisotopic (exact) mass is 195 g/mol. The molecule has 2 rings (SSSR count). The molecule has 0 saturated carbocycles. The SMILES string of the molecule is NC(N)=O.Nc1ncnc2nc[nH]c12. The first kappa shape index (κ1) is 9.71. The van der Waals surface area contributed by atoms with Gasteiger partial charge in [-0.2, -0.15) is 0 Å². The van der Waals surface area contributed by atoms with Crippen molar-refractivity contribution < 1.29 is 4.79 Å². The van der Waals surface area contributed by atoms with E-state index < -0.39 is 6.03 Å². The summed E-state index contributed by atoms with van der Waals surface area (Å²) in [5, 5.41) is 0. The van der Waals surface area contributed by atoms with Crippen LogP contribution in [0.25, 0.3) is 11.2 Å². The maximum atomic E-state index is 9.00. The molecular weight excluding hydrogens is 186 g/mol. The van der Waals surface area contributed by atoms with Crippen LogP contribution in [0.2, 0.25) is 0 Å². The van der Waals surface area contributed by atoms with Crippen molar-refractivity contribution in [1.82, 2.24) is 19.9 Å². The van der Waals surface area contributed by atoms with E-state index in [4.69, 9.17) is 10.5 Å². The first-order valence-electron chi connectivity index (χ1n) is 3.55. The van der Waals surface area contributed by atoms with Crippen molar-refractivity contribution >= 4 is 23.0 Å². The number of H-pyrrole nitrogens is 1. The average molecular weight is 195 g/mol. The molecule has 0 radical (unpaired) electrons. The number of anilines is 1. The highest BCUT2D eigenvalue weighted by atomic mass is 16.2. The Bertz CT molecular complexity index is 432. The zero-order valence-corrected chi connectivity index (χ0v) is 7.14. The van der Waals surface area contributed by atoms with E-state index in [1.54, 1.807) is 0 Å². The molecule has 0 saturated heterocycles. The Morgan fingerprint density at radius 1 is 1.29 bits per heavy atom. The predicted octanol–water partition coefficient (Wildman–Crippen LogP) is -1.04. The number of hydrogen-bond acceptors (Lipinski definition) is 5. The van der Waals surface area contributed by atoms with Crippen LogP contribution < -0.4 is 17.2 Å². The minimum atomic E-state index is -0.833. The van der Waals surface area contributed by atoms with Gasteiger partial charge in [0.25, 0.3) is 0 Å². The van der Waals surface area contributed by atoms with Gasteiger partial charge in [0.15, 0.2) is 11.5 Å². The van der Waals surface area contributed by atoms with Crippen LogP contribution in [0.5, 0.6) is 0 Å². The number of fused-ring (bicyclic) bond motifs is 1. The quantitative estimate of drug-likeness (QED) is 0.423. The van der Waals surface area contributed by atoms with E-state index in [0.717, 1.165) is 0 Å². The molecule has 2 aromatic rings. The highest BCUT2D eigenvalue weighted by Crippen LogP contribution is 2.09. The topological polar surface area (TPSA) is 150 Å². The molecule has 0 spiro atoms. The molecule has 74 valence electrons. The van der Waals surface area contributed by atoms with Crippen LogP contribution in [0.3, 0.4) is 0 Å². The number of nitrogens with one attached hydrogen (secondary N) is 1. The minimum absolute atomic E-state index is 0.433. The summed E-state index contributed by atoms with van der Waals surface area (Å²) in [6.07, 6.45) is 2.92. The molecule has 0 aliphatic rings. The van der Waals surface area contributed by atoms with Crippen molar-refractivity contribution in [2.45, 2.75) is 0 Å². The Morgan fingerprint density at radius 2 is 1.93 bits per heavy atom. The van der Waals surface area contributed by atoms with Crippen LogP contribution in [-0.4, -0.2) is 26.0 Å². The molecule has 14 heavy (non-hydrogen) atoms. The van der Waals surface area contributed by atoms with Gasteiger partial charge in [0.2, 0.25) is 0 Å². The number of nitrogens with two attached hydrogens (primary N) is 3. The van der Waals surface area contributed by atoms with Gasteiger partial charge >= 0.3 is 6.03 Å². The Morgan fingerprint density at radius 3 is 2.50 bits per heavy atom. The normalized spacial score (nSPS) is 9.14. The predicted molar refractivity (Wildman–Crippen MR) is 49.9 cm³/mol. The molecule has 0 bridgehead atoms. The maximum Gasteiger partial charge on any atom is 0.309 e. The fraction of sp³-hybridized carbons (Fsp3) is 0. The van der Waals surface area contributed by atoms with Gasteiger partial charge in [0, 0.05) is 0 Å². The van der Waals surface area contributed by atoms with E-state index in [1.807, 2.05) is 0 Å². The van der Waals surface area contributed by atoms with Gasteiger partial charge in [-0.05, 0) is 0 Å². The van der Waals surface area contributed by atoms with Crippen molar-refractivity contribution in [2.24, 2.45) is 11.5 Å². The molecule has 2 heterocycles. The van der Waals surface area contributed by atoms with E-state index >= 15 is 0 Å². The van der Waals surface area contributed by atoms with Gasteiger partial charge in [-0.25, -0.2) is 19.7 Å². The highest BCUT2D eigenvalue weighted by Gasteiger charge is 1.99. The number of amides is 2. The highest BCUT2D eigenvalue weighted by molar-refractivity contribution is 5.80. The minimum Gasteiger partial charge on any atom is -0.382 e. The van der Waals surface area contributed by atoms with E-state index in [2.05, 4.69) is 31.4 Å². The number of carbonyl (C=O) groups excluding carboxylic acids is 1. The second-order valence-electron chi connectivity index (χ2n) is 2.26. The van der Waals surface area contributed by atoms with E-state index in [1.165, 1.54) is 12.7 Å². The lowest BCUT2D eigenvalue weighted by Gasteiger charge is -1.89. The molecule has 0 aromatic carbocycles. The van der Waals surface area contributed by atoms with Crippen LogP contribution >= 0.6 is 0 Å². The third kappa shape index (κ3) is 2.30. The summed E-state index contributed by atoms with van der Waals surface area (Å²) in [6.45, 7) is 0. The van der Waals surface area contributed by atoms with Gasteiger partial charge < -0.3 is 22.2 Å². The van der Waals surface area contributed by atoms with Gasteiger partial charge in [-0.1, -0.05) is 0 Å². The third-order valence-electron chi connectivity index (χ3n) is 1.25. The number of aromatic nitrogens is 4. The van der Waals surface area contributed by atoms with Crippen molar-refractivity contribution in [2.75, 3.05) is 5.73 Å². The lowest BCUT2D eigenvalue weighted by Crippen LogP contribution is -2.18. The second kappa shape index (κ2) is 4.03. The number of hydrogen-bond donors (Lipinski definition) is 4. The molecule has 0 aliphatic carbocycles. The second-order valence-corrected chi connectivity index (χ2v) is 2.26. The number of carbonyl (C=O) groups is 1. The fourth-order valence-electron chi connectivity index (χ4n) is 0.784. The molecule has 8 nitrogen and oxygen atoms in total. The Labute approximate surface area is 78.5 Å². The average Bonchev–Trinajstić information content (AvgIpc) is 2.52. The van der Waals surface area contributed by atoms with Gasteiger partial charge in [0.05, 0.1) is 6.33 Å². The lowest BCUT2D eigenvalue weighted by atomic mass is 10.5. The van der Waals surface area contributed by atoms with Crippen molar-refractivity contribution in [3.63, 3.8) is 0 Å². The Kier molecular flexibility index (Phi) is 2.79. The maximum absolute atomic E-state index is 9.00. The molecule has 0 fully saturated rings. The molecule has 0 unspecified atom stereocenters. The number of aromatic amines is 1. The summed E-state index contributed by atoms with van der Waals surface area (Å²) in [6, 6.07) is -0.833. The number of nitrogens with zero attached hydrogens (tertiary/aromatic N) is 3. The molecule has 8 heteroatoms. The van der Waals surface area contributed by atoms with Crippen molar-refractivity contribution in [3.8, 4) is 0 Å². The number of nitrogen functional groups attached to an aromatic ring is 1. The van der Waals surface area contributed by atoms with Crippen LogP contribution in [0.4, 0.5) is 10.6 Å².